The summed E-state index contributed by atoms with van der Waals surface area (Å²) in [5, 5.41) is 19.8. The van der Waals surface area contributed by atoms with Gasteiger partial charge in [0.2, 0.25) is 5.91 Å². The van der Waals surface area contributed by atoms with Crippen LogP contribution in [0.1, 0.15) is 96.8 Å². The molecule has 0 radical (unpaired) electrons. The van der Waals surface area contributed by atoms with Crippen molar-refractivity contribution in [2.45, 2.75) is 103 Å². The van der Waals surface area contributed by atoms with Crippen LogP contribution in [0.3, 0.4) is 0 Å². The van der Waals surface area contributed by atoms with Crippen molar-refractivity contribution in [2.75, 3.05) is 6.54 Å². The number of unbranched alkanes of at least 4 members (excludes halogenated alkanes) is 11. The molecule has 0 atom stereocenters. The molecule has 0 aromatic heterocycles. The first-order valence-corrected chi connectivity index (χ1v) is 9.94. The van der Waals surface area contributed by atoms with Gasteiger partial charge in [0.05, 0.1) is 6.54 Å². The van der Waals surface area contributed by atoms with E-state index in [1.807, 2.05) is 0 Å². The molecule has 0 aliphatic heterocycles. The Morgan fingerprint density at radius 2 is 1.33 bits per heavy atom. The van der Waals surface area contributed by atoms with Crippen molar-refractivity contribution in [3.8, 4) is 0 Å². The first-order valence-electron chi connectivity index (χ1n) is 9.94. The normalized spacial score (nSPS) is 11.5. The van der Waals surface area contributed by atoms with Gasteiger partial charge >= 0.3 is 0 Å². The maximum absolute atomic E-state index is 11.3. The molecule has 0 aromatic rings. The third-order valence-corrected chi connectivity index (χ3v) is 4.15. The molecule has 0 rings (SSSR count). The molecular formula is C20H39NO3. The number of rotatable bonds is 17. The number of hydrogen-bond acceptors (Lipinski definition) is 3. The maximum Gasteiger partial charge on any atom is 0.220 e. The molecule has 4 heteroatoms. The van der Waals surface area contributed by atoms with E-state index in [-0.39, 0.29) is 12.5 Å². The van der Waals surface area contributed by atoms with Gasteiger partial charge in [-0.25, -0.2) is 0 Å². The van der Waals surface area contributed by atoms with E-state index < -0.39 is 6.29 Å². The number of amides is 1. The van der Waals surface area contributed by atoms with Crippen molar-refractivity contribution in [1.82, 2.24) is 5.32 Å². The highest BCUT2D eigenvalue weighted by Crippen LogP contribution is 2.09. The van der Waals surface area contributed by atoms with Crippen LogP contribution in [0.5, 0.6) is 0 Å². The third-order valence-electron chi connectivity index (χ3n) is 4.15. The molecule has 142 valence electrons. The summed E-state index contributed by atoms with van der Waals surface area (Å²) in [6, 6.07) is 0. The van der Waals surface area contributed by atoms with E-state index in [1.54, 1.807) is 0 Å². The van der Waals surface area contributed by atoms with E-state index in [0.29, 0.717) is 6.42 Å². The highest BCUT2D eigenvalue weighted by Gasteiger charge is 2.03. The van der Waals surface area contributed by atoms with Crippen molar-refractivity contribution >= 4 is 5.91 Å². The summed E-state index contributed by atoms with van der Waals surface area (Å²) in [4.78, 5) is 11.3. The predicted octanol–water partition coefficient (Wildman–Crippen LogP) is 4.45. The fourth-order valence-corrected chi connectivity index (χ4v) is 2.65. The molecule has 0 aliphatic rings. The average Bonchev–Trinajstić information content (AvgIpc) is 2.56. The van der Waals surface area contributed by atoms with E-state index in [0.717, 1.165) is 12.8 Å². The van der Waals surface area contributed by atoms with E-state index in [4.69, 9.17) is 10.2 Å². The Morgan fingerprint density at radius 3 is 1.88 bits per heavy atom. The Balaban J connectivity index is 3.19. The van der Waals surface area contributed by atoms with Crippen LogP contribution in [0.15, 0.2) is 12.2 Å². The van der Waals surface area contributed by atoms with E-state index >= 15 is 0 Å². The van der Waals surface area contributed by atoms with Crippen LogP contribution < -0.4 is 5.32 Å². The number of nitrogens with one attached hydrogen (secondary N) is 1. The lowest BCUT2D eigenvalue weighted by Gasteiger charge is -2.06. The van der Waals surface area contributed by atoms with Gasteiger partial charge in [0.25, 0.3) is 0 Å². The molecule has 0 bridgehead atoms. The van der Waals surface area contributed by atoms with Gasteiger partial charge in [0.15, 0.2) is 6.29 Å². The Bertz CT molecular complexity index is 303. The van der Waals surface area contributed by atoms with Crippen LogP contribution in [0.25, 0.3) is 0 Å². The standard InChI is InChI=1S/C20H39NO3/c1-2-3-4-5-6-7-8-9-10-11-12-13-14-15-16-17-19(22)21-18-20(23)24/h9-10,20,23-24H,2-8,11-18H2,1H3,(H,21,22)/b10-9+. The van der Waals surface area contributed by atoms with Gasteiger partial charge in [0.1, 0.15) is 0 Å². The lowest BCUT2D eigenvalue weighted by atomic mass is 10.1. The van der Waals surface area contributed by atoms with Crippen molar-refractivity contribution in [1.29, 1.82) is 0 Å². The Labute approximate surface area is 148 Å². The molecule has 3 N–H and O–H groups in total. The number of hydrogen-bond donors (Lipinski definition) is 3. The molecule has 0 spiro atoms. The number of carbonyl (C=O) groups is 1. The maximum atomic E-state index is 11.3. The number of aliphatic hydroxyl groups excluding tert-OH is 1. The van der Waals surface area contributed by atoms with Gasteiger partial charge in [-0.2, -0.15) is 0 Å². The number of allylic oxidation sites excluding steroid dienone is 2. The smallest absolute Gasteiger partial charge is 0.220 e. The molecule has 1 amide bonds. The summed E-state index contributed by atoms with van der Waals surface area (Å²) >= 11 is 0. The van der Waals surface area contributed by atoms with Crippen LogP contribution in [0.4, 0.5) is 0 Å². The minimum atomic E-state index is -1.46. The first kappa shape index (κ1) is 23.1. The summed E-state index contributed by atoms with van der Waals surface area (Å²) in [5.74, 6) is -0.0965. The Morgan fingerprint density at radius 1 is 0.833 bits per heavy atom. The molecule has 0 saturated carbocycles. The summed E-state index contributed by atoms with van der Waals surface area (Å²) in [6.45, 7) is 2.18. The molecule has 0 aliphatic carbocycles. The minimum absolute atomic E-state index is 0.0795. The van der Waals surface area contributed by atoms with E-state index in [2.05, 4.69) is 24.4 Å². The quantitative estimate of drug-likeness (QED) is 0.208. The molecule has 4 nitrogen and oxygen atoms in total. The van der Waals surface area contributed by atoms with Crippen LogP contribution >= 0.6 is 0 Å². The van der Waals surface area contributed by atoms with E-state index in [1.165, 1.54) is 70.6 Å². The Hall–Kier alpha value is -0.870. The second kappa shape index (κ2) is 18.5. The van der Waals surface area contributed by atoms with Gasteiger partial charge in [-0.05, 0) is 32.1 Å². The molecule has 0 fully saturated rings. The zero-order valence-corrected chi connectivity index (χ0v) is 15.6. The van der Waals surface area contributed by atoms with Crippen molar-refractivity contribution in [2.24, 2.45) is 0 Å². The second-order valence-corrected chi connectivity index (χ2v) is 6.62. The lowest BCUT2D eigenvalue weighted by Crippen LogP contribution is -2.31. The molecule has 24 heavy (non-hydrogen) atoms. The summed E-state index contributed by atoms with van der Waals surface area (Å²) in [6.07, 6.45) is 19.8. The zero-order chi connectivity index (χ0) is 17.9. The fourth-order valence-electron chi connectivity index (χ4n) is 2.65. The van der Waals surface area contributed by atoms with Crippen molar-refractivity contribution in [3.05, 3.63) is 12.2 Å². The fraction of sp³-hybridized carbons (Fsp3) is 0.850. The average molecular weight is 342 g/mol. The SMILES string of the molecule is CCCCCCCC/C=C/CCCCCCCC(=O)NCC(O)O. The van der Waals surface area contributed by atoms with Gasteiger partial charge < -0.3 is 15.5 Å². The second-order valence-electron chi connectivity index (χ2n) is 6.62. The van der Waals surface area contributed by atoms with Gasteiger partial charge in [0, 0.05) is 6.42 Å². The summed E-state index contributed by atoms with van der Waals surface area (Å²) in [5.41, 5.74) is 0. The molecule has 0 unspecified atom stereocenters. The van der Waals surface area contributed by atoms with Gasteiger partial charge in [-0.3, -0.25) is 4.79 Å². The van der Waals surface area contributed by atoms with Crippen molar-refractivity contribution < 1.29 is 15.0 Å². The molecule has 0 aromatic carbocycles. The summed E-state index contributed by atoms with van der Waals surface area (Å²) in [7, 11) is 0. The zero-order valence-electron chi connectivity index (χ0n) is 15.6. The first-order chi connectivity index (χ1) is 11.7. The van der Waals surface area contributed by atoms with E-state index in [9.17, 15) is 4.79 Å². The van der Waals surface area contributed by atoms with Gasteiger partial charge in [-0.15, -0.1) is 0 Å². The highest BCUT2D eigenvalue weighted by atomic mass is 16.5. The number of carbonyl (C=O) groups excluding carboxylic acids is 1. The predicted molar refractivity (Wildman–Crippen MR) is 101 cm³/mol. The van der Waals surface area contributed by atoms with Crippen LogP contribution in [0.2, 0.25) is 0 Å². The highest BCUT2D eigenvalue weighted by molar-refractivity contribution is 5.75. The monoisotopic (exact) mass is 341 g/mol. The van der Waals surface area contributed by atoms with Crippen LogP contribution in [0, 0.1) is 0 Å². The van der Waals surface area contributed by atoms with Crippen molar-refractivity contribution in [3.63, 3.8) is 0 Å². The largest absolute Gasteiger partial charge is 0.367 e. The topological polar surface area (TPSA) is 69.6 Å². The lowest BCUT2D eigenvalue weighted by molar-refractivity contribution is -0.123. The molecule has 0 heterocycles. The summed E-state index contributed by atoms with van der Waals surface area (Å²) < 4.78 is 0. The Kier molecular flexibility index (Phi) is 17.8. The minimum Gasteiger partial charge on any atom is -0.367 e. The van der Waals surface area contributed by atoms with Crippen LogP contribution in [-0.2, 0) is 4.79 Å². The molecular weight excluding hydrogens is 302 g/mol. The molecule has 0 saturated heterocycles. The third kappa shape index (κ3) is 19.2. The van der Waals surface area contributed by atoms with Crippen LogP contribution in [-0.4, -0.2) is 29.0 Å². The number of aliphatic hydroxyl groups is 2. The van der Waals surface area contributed by atoms with Gasteiger partial charge in [-0.1, -0.05) is 70.4 Å².